The van der Waals surface area contributed by atoms with Crippen molar-refractivity contribution < 1.29 is 0 Å². The van der Waals surface area contributed by atoms with E-state index in [1.54, 1.807) is 0 Å². The summed E-state index contributed by atoms with van der Waals surface area (Å²) in [7, 11) is 2.00. The van der Waals surface area contributed by atoms with Crippen LogP contribution in [0.4, 0.5) is 5.69 Å². The van der Waals surface area contributed by atoms with Gasteiger partial charge in [-0.1, -0.05) is 35.8 Å². The quantitative estimate of drug-likeness (QED) is 0.921. The molecule has 2 atom stereocenters. The van der Waals surface area contributed by atoms with Gasteiger partial charge in [-0.15, -0.1) is 0 Å². The summed E-state index contributed by atoms with van der Waals surface area (Å²) in [4.78, 5) is 2.52. The monoisotopic (exact) mass is 296 g/mol. The number of hydrogen-bond acceptors (Lipinski definition) is 2. The molecule has 0 bridgehead atoms. The molecule has 94 valence electrons. The second-order valence-electron chi connectivity index (χ2n) is 5.16. The van der Waals surface area contributed by atoms with E-state index < -0.39 is 0 Å². The molecule has 0 radical (unpaired) electrons. The predicted octanol–water partition coefficient (Wildman–Crippen LogP) is 3.26. The number of anilines is 1. The summed E-state index contributed by atoms with van der Waals surface area (Å²) in [6.07, 6.45) is 0. The van der Waals surface area contributed by atoms with E-state index in [0.717, 1.165) is 18.4 Å². The first-order valence-corrected chi connectivity index (χ1v) is 7.09. The highest BCUT2D eigenvalue weighted by molar-refractivity contribution is 9.10. The van der Waals surface area contributed by atoms with Crippen molar-refractivity contribution in [2.75, 3.05) is 25.0 Å². The molecule has 2 unspecified atom stereocenters. The molecule has 0 aliphatic carbocycles. The summed E-state index contributed by atoms with van der Waals surface area (Å²) in [6.45, 7) is 7.98. The van der Waals surface area contributed by atoms with Gasteiger partial charge in [0.2, 0.25) is 0 Å². The SMILES string of the molecule is CNCc1ccc(Br)cc1N1CC(C)C(C)C1. The molecule has 1 aliphatic heterocycles. The van der Waals surface area contributed by atoms with Crippen LogP contribution in [0.1, 0.15) is 19.4 Å². The predicted molar refractivity (Wildman–Crippen MR) is 77.4 cm³/mol. The minimum atomic E-state index is 0.788. The molecule has 3 heteroatoms. The van der Waals surface area contributed by atoms with Gasteiger partial charge in [-0.25, -0.2) is 0 Å². The summed E-state index contributed by atoms with van der Waals surface area (Å²) < 4.78 is 1.17. The van der Waals surface area contributed by atoms with Crippen LogP contribution >= 0.6 is 15.9 Å². The molecule has 0 spiro atoms. The van der Waals surface area contributed by atoms with Gasteiger partial charge < -0.3 is 10.2 Å². The Labute approximate surface area is 113 Å². The lowest BCUT2D eigenvalue weighted by atomic mass is 10.0. The van der Waals surface area contributed by atoms with Crippen molar-refractivity contribution in [2.45, 2.75) is 20.4 Å². The van der Waals surface area contributed by atoms with Gasteiger partial charge in [0.1, 0.15) is 0 Å². The van der Waals surface area contributed by atoms with Crippen molar-refractivity contribution in [3.8, 4) is 0 Å². The van der Waals surface area contributed by atoms with E-state index in [4.69, 9.17) is 0 Å². The van der Waals surface area contributed by atoms with Crippen LogP contribution in [0.5, 0.6) is 0 Å². The van der Waals surface area contributed by atoms with Gasteiger partial charge in [0.05, 0.1) is 0 Å². The summed E-state index contributed by atoms with van der Waals surface area (Å²) in [5.41, 5.74) is 2.77. The molecule has 0 amide bonds. The minimum Gasteiger partial charge on any atom is -0.371 e. The van der Waals surface area contributed by atoms with Crippen LogP contribution in [0, 0.1) is 11.8 Å². The van der Waals surface area contributed by atoms with E-state index in [9.17, 15) is 0 Å². The van der Waals surface area contributed by atoms with Crippen molar-refractivity contribution in [2.24, 2.45) is 11.8 Å². The molecule has 2 rings (SSSR count). The highest BCUT2D eigenvalue weighted by Crippen LogP contribution is 2.32. The summed E-state index contributed by atoms with van der Waals surface area (Å²) in [5.74, 6) is 1.58. The molecule has 1 aliphatic rings. The molecule has 1 N–H and O–H groups in total. The van der Waals surface area contributed by atoms with Gasteiger partial charge in [0.25, 0.3) is 0 Å². The number of nitrogens with zero attached hydrogens (tertiary/aromatic N) is 1. The zero-order valence-electron chi connectivity index (χ0n) is 10.8. The van der Waals surface area contributed by atoms with Gasteiger partial charge in [-0.05, 0) is 36.6 Å². The lowest BCUT2D eigenvalue weighted by Crippen LogP contribution is -2.22. The third kappa shape index (κ3) is 2.83. The van der Waals surface area contributed by atoms with Crippen molar-refractivity contribution >= 4 is 21.6 Å². The molecular formula is C14H21BrN2. The molecule has 0 aromatic heterocycles. The smallest absolute Gasteiger partial charge is 0.0423 e. The third-order valence-electron chi connectivity index (χ3n) is 3.74. The Bertz CT molecular complexity index is 382. The second kappa shape index (κ2) is 5.40. The largest absolute Gasteiger partial charge is 0.371 e. The first-order valence-electron chi connectivity index (χ1n) is 6.29. The zero-order chi connectivity index (χ0) is 12.4. The average Bonchev–Trinajstić information content (AvgIpc) is 2.62. The van der Waals surface area contributed by atoms with Crippen LogP contribution in [0.3, 0.4) is 0 Å². The zero-order valence-corrected chi connectivity index (χ0v) is 12.4. The fourth-order valence-electron chi connectivity index (χ4n) is 2.50. The maximum atomic E-state index is 3.58. The van der Waals surface area contributed by atoms with Gasteiger partial charge in [-0.2, -0.15) is 0 Å². The Hall–Kier alpha value is -0.540. The Morgan fingerprint density at radius 3 is 2.53 bits per heavy atom. The molecule has 1 aromatic carbocycles. The number of nitrogens with one attached hydrogen (secondary N) is 1. The highest BCUT2D eigenvalue weighted by atomic mass is 79.9. The minimum absolute atomic E-state index is 0.788. The summed E-state index contributed by atoms with van der Waals surface area (Å²) >= 11 is 3.58. The average molecular weight is 297 g/mol. The highest BCUT2D eigenvalue weighted by Gasteiger charge is 2.27. The first-order chi connectivity index (χ1) is 8.11. The second-order valence-corrected chi connectivity index (χ2v) is 6.08. The molecule has 17 heavy (non-hydrogen) atoms. The topological polar surface area (TPSA) is 15.3 Å². The fourth-order valence-corrected chi connectivity index (χ4v) is 2.85. The molecule has 0 saturated carbocycles. The van der Waals surface area contributed by atoms with E-state index >= 15 is 0 Å². The summed E-state index contributed by atoms with van der Waals surface area (Å²) in [5, 5.41) is 3.25. The number of benzene rings is 1. The Morgan fingerprint density at radius 2 is 1.94 bits per heavy atom. The molecular weight excluding hydrogens is 276 g/mol. The number of halogens is 1. The van der Waals surface area contributed by atoms with Crippen LogP contribution in [-0.4, -0.2) is 20.1 Å². The van der Waals surface area contributed by atoms with Crippen LogP contribution in [-0.2, 0) is 6.54 Å². The van der Waals surface area contributed by atoms with Crippen LogP contribution in [0.25, 0.3) is 0 Å². The standard InChI is InChI=1S/C14H21BrN2/c1-10-8-17(9-11(10)2)14-6-13(15)5-4-12(14)7-16-3/h4-6,10-11,16H,7-9H2,1-3H3. The lowest BCUT2D eigenvalue weighted by molar-refractivity contribution is 0.494. The fraction of sp³-hybridized carbons (Fsp3) is 0.571. The molecule has 2 nitrogen and oxygen atoms in total. The van der Waals surface area contributed by atoms with Gasteiger partial charge in [0.15, 0.2) is 0 Å². The van der Waals surface area contributed by atoms with Crippen LogP contribution in [0.2, 0.25) is 0 Å². The number of rotatable bonds is 3. The Morgan fingerprint density at radius 1 is 1.29 bits per heavy atom. The molecule has 1 heterocycles. The van der Waals surface area contributed by atoms with E-state index in [0.29, 0.717) is 0 Å². The van der Waals surface area contributed by atoms with E-state index in [1.807, 2.05) is 7.05 Å². The molecule has 1 saturated heterocycles. The van der Waals surface area contributed by atoms with Crippen molar-refractivity contribution in [1.82, 2.24) is 5.32 Å². The normalized spacial score (nSPS) is 24.4. The lowest BCUT2D eigenvalue weighted by Gasteiger charge is -2.22. The molecule has 1 aromatic rings. The maximum absolute atomic E-state index is 3.58. The summed E-state index contributed by atoms with van der Waals surface area (Å²) in [6, 6.07) is 6.58. The van der Waals surface area contributed by atoms with Crippen LogP contribution < -0.4 is 10.2 Å². The van der Waals surface area contributed by atoms with E-state index in [1.165, 1.54) is 28.8 Å². The maximum Gasteiger partial charge on any atom is 0.0423 e. The Kier molecular flexibility index (Phi) is 4.10. The van der Waals surface area contributed by atoms with Crippen LogP contribution in [0.15, 0.2) is 22.7 Å². The van der Waals surface area contributed by atoms with E-state index in [-0.39, 0.29) is 0 Å². The van der Waals surface area contributed by atoms with Gasteiger partial charge in [-0.3, -0.25) is 0 Å². The van der Waals surface area contributed by atoms with Crippen molar-refractivity contribution in [3.05, 3.63) is 28.2 Å². The van der Waals surface area contributed by atoms with Crippen molar-refractivity contribution in [1.29, 1.82) is 0 Å². The number of hydrogen-bond donors (Lipinski definition) is 1. The molecule has 1 fully saturated rings. The Balaban J connectivity index is 2.27. The van der Waals surface area contributed by atoms with E-state index in [2.05, 4.69) is 58.2 Å². The third-order valence-corrected chi connectivity index (χ3v) is 4.24. The first kappa shape index (κ1) is 12.9. The van der Waals surface area contributed by atoms with Gasteiger partial charge in [0, 0.05) is 29.8 Å². The van der Waals surface area contributed by atoms with Gasteiger partial charge >= 0.3 is 0 Å². The van der Waals surface area contributed by atoms with Crippen molar-refractivity contribution in [3.63, 3.8) is 0 Å².